The molecule has 1 aromatic carbocycles. The van der Waals surface area contributed by atoms with Crippen molar-refractivity contribution in [3.05, 3.63) is 29.8 Å². The van der Waals surface area contributed by atoms with Crippen LogP contribution in [0.3, 0.4) is 0 Å². The third kappa shape index (κ3) is 5.48. The van der Waals surface area contributed by atoms with Gasteiger partial charge in [0.05, 0.1) is 12.2 Å². The molecule has 0 bridgehead atoms. The van der Waals surface area contributed by atoms with Crippen LogP contribution in [0.4, 0.5) is 0 Å². The Labute approximate surface area is 140 Å². The van der Waals surface area contributed by atoms with Crippen LogP contribution in [0, 0.1) is 0 Å². The van der Waals surface area contributed by atoms with E-state index in [4.69, 9.17) is 9.47 Å². The van der Waals surface area contributed by atoms with Crippen LogP contribution < -0.4 is 4.74 Å². The highest BCUT2D eigenvalue weighted by Crippen LogP contribution is 2.31. The van der Waals surface area contributed by atoms with Crippen molar-refractivity contribution in [2.24, 2.45) is 0 Å². The number of β-amino-alcohol motifs (C(OH)–C–C–N with tert-alkyl or cyclic N) is 1. The number of morpholine rings is 1. The summed E-state index contributed by atoms with van der Waals surface area (Å²) in [6.07, 6.45) is -0.0671. The van der Waals surface area contributed by atoms with Crippen LogP contribution in [0.15, 0.2) is 24.3 Å². The molecule has 0 unspecified atom stereocenters. The van der Waals surface area contributed by atoms with Gasteiger partial charge in [0.15, 0.2) is 0 Å². The maximum atomic E-state index is 10.3. The minimum Gasteiger partial charge on any atom is -0.491 e. The van der Waals surface area contributed by atoms with E-state index in [0.29, 0.717) is 13.2 Å². The first-order chi connectivity index (χ1) is 10.8. The largest absolute Gasteiger partial charge is 0.491 e. The van der Waals surface area contributed by atoms with E-state index in [9.17, 15) is 5.11 Å². The summed E-state index contributed by atoms with van der Waals surface area (Å²) in [5, 5.41) is 10.3. The van der Waals surface area contributed by atoms with Crippen molar-refractivity contribution in [2.75, 3.05) is 26.2 Å². The lowest BCUT2D eigenvalue weighted by atomic mass is 9.86. The van der Waals surface area contributed by atoms with E-state index in [-0.39, 0.29) is 17.6 Å². The van der Waals surface area contributed by atoms with Gasteiger partial charge in [-0.15, -0.1) is 0 Å². The Morgan fingerprint density at radius 3 is 2.43 bits per heavy atom. The van der Waals surface area contributed by atoms with Crippen LogP contribution >= 0.6 is 0 Å². The molecule has 1 aromatic rings. The molecule has 1 N–H and O–H groups in total. The second kappa shape index (κ2) is 7.65. The minimum atomic E-state index is -0.500. The van der Waals surface area contributed by atoms with Gasteiger partial charge in [-0.05, 0) is 30.9 Å². The van der Waals surface area contributed by atoms with Crippen molar-refractivity contribution < 1.29 is 14.6 Å². The SMILES string of the molecule is C[C@@H]1CN(C[C@@H](O)COc2ccccc2C(C)(C)C)C[C@H](C)O1. The highest BCUT2D eigenvalue weighted by Gasteiger charge is 2.24. The van der Waals surface area contributed by atoms with E-state index < -0.39 is 6.10 Å². The molecule has 0 radical (unpaired) electrons. The Morgan fingerprint density at radius 2 is 1.83 bits per heavy atom. The molecule has 1 saturated heterocycles. The van der Waals surface area contributed by atoms with Gasteiger partial charge in [0.2, 0.25) is 0 Å². The second-order valence-corrected chi connectivity index (χ2v) is 7.69. The molecular formula is C19H31NO3. The summed E-state index contributed by atoms with van der Waals surface area (Å²) in [6, 6.07) is 8.07. The lowest BCUT2D eigenvalue weighted by molar-refractivity contribution is -0.0787. The normalized spacial score (nSPS) is 24.4. The molecule has 1 fully saturated rings. The molecule has 2 rings (SSSR count). The lowest BCUT2D eigenvalue weighted by Gasteiger charge is -2.36. The molecule has 130 valence electrons. The summed E-state index contributed by atoms with van der Waals surface area (Å²) in [7, 11) is 0. The smallest absolute Gasteiger partial charge is 0.123 e. The third-order valence-electron chi connectivity index (χ3n) is 4.09. The molecule has 3 atom stereocenters. The molecule has 4 heteroatoms. The van der Waals surface area contributed by atoms with E-state index in [1.165, 1.54) is 5.56 Å². The van der Waals surface area contributed by atoms with Gasteiger partial charge >= 0.3 is 0 Å². The van der Waals surface area contributed by atoms with Crippen LogP contribution in [0.1, 0.15) is 40.2 Å². The zero-order valence-electron chi connectivity index (χ0n) is 15.1. The van der Waals surface area contributed by atoms with Crippen molar-refractivity contribution in [2.45, 2.75) is 58.3 Å². The van der Waals surface area contributed by atoms with Gasteiger partial charge in [0.25, 0.3) is 0 Å². The summed E-state index contributed by atoms with van der Waals surface area (Å²) in [5.41, 5.74) is 1.19. The molecule has 4 nitrogen and oxygen atoms in total. The highest BCUT2D eigenvalue weighted by molar-refractivity contribution is 5.38. The van der Waals surface area contributed by atoms with Crippen LogP contribution in [0.2, 0.25) is 0 Å². The number of aliphatic hydroxyl groups excluding tert-OH is 1. The quantitative estimate of drug-likeness (QED) is 0.905. The molecule has 1 aliphatic heterocycles. The van der Waals surface area contributed by atoms with E-state index >= 15 is 0 Å². The van der Waals surface area contributed by atoms with Crippen LogP contribution in [0.25, 0.3) is 0 Å². The molecule has 0 aliphatic carbocycles. The van der Waals surface area contributed by atoms with Crippen molar-refractivity contribution in [3.8, 4) is 5.75 Å². The van der Waals surface area contributed by atoms with Crippen molar-refractivity contribution in [3.63, 3.8) is 0 Å². The van der Waals surface area contributed by atoms with Crippen LogP contribution in [-0.2, 0) is 10.2 Å². The van der Waals surface area contributed by atoms with Crippen molar-refractivity contribution >= 4 is 0 Å². The predicted octanol–water partition coefficient (Wildman–Crippen LogP) is 2.83. The van der Waals surface area contributed by atoms with Crippen LogP contribution in [0.5, 0.6) is 5.75 Å². The Hall–Kier alpha value is -1.10. The molecule has 0 spiro atoms. The maximum Gasteiger partial charge on any atom is 0.123 e. The number of hydrogen-bond donors (Lipinski definition) is 1. The van der Waals surface area contributed by atoms with Gasteiger partial charge in [-0.2, -0.15) is 0 Å². The summed E-state index contributed by atoms with van der Waals surface area (Å²) >= 11 is 0. The van der Waals surface area contributed by atoms with Gasteiger partial charge < -0.3 is 14.6 Å². The summed E-state index contributed by atoms with van der Waals surface area (Å²) in [6.45, 7) is 13.3. The van der Waals surface area contributed by atoms with Gasteiger partial charge in [-0.25, -0.2) is 0 Å². The first kappa shape index (κ1) is 18.2. The molecule has 1 aliphatic rings. The molecule has 0 aromatic heterocycles. The van der Waals surface area contributed by atoms with Gasteiger partial charge in [0.1, 0.15) is 18.5 Å². The fraction of sp³-hybridized carbons (Fsp3) is 0.684. The number of nitrogens with zero attached hydrogens (tertiary/aromatic N) is 1. The van der Waals surface area contributed by atoms with E-state index in [0.717, 1.165) is 18.8 Å². The van der Waals surface area contributed by atoms with Crippen molar-refractivity contribution in [1.29, 1.82) is 0 Å². The summed E-state index contributed by atoms with van der Waals surface area (Å²) < 4.78 is 11.6. The zero-order valence-corrected chi connectivity index (χ0v) is 15.1. The number of rotatable bonds is 5. The fourth-order valence-electron chi connectivity index (χ4n) is 3.18. The van der Waals surface area contributed by atoms with Crippen LogP contribution in [-0.4, -0.2) is 54.6 Å². The number of hydrogen-bond acceptors (Lipinski definition) is 4. The Balaban J connectivity index is 1.89. The second-order valence-electron chi connectivity index (χ2n) is 7.69. The average Bonchev–Trinajstić information content (AvgIpc) is 2.43. The molecular weight excluding hydrogens is 290 g/mol. The highest BCUT2D eigenvalue weighted by atomic mass is 16.5. The monoisotopic (exact) mass is 321 g/mol. The minimum absolute atomic E-state index is 0.0244. The third-order valence-corrected chi connectivity index (χ3v) is 4.09. The Morgan fingerprint density at radius 1 is 1.22 bits per heavy atom. The van der Waals surface area contributed by atoms with E-state index in [1.807, 2.05) is 18.2 Å². The Bertz CT molecular complexity index is 488. The predicted molar refractivity (Wildman–Crippen MR) is 93.1 cm³/mol. The molecule has 1 heterocycles. The van der Waals surface area contributed by atoms with Crippen molar-refractivity contribution in [1.82, 2.24) is 4.90 Å². The number of ether oxygens (including phenoxy) is 2. The van der Waals surface area contributed by atoms with Gasteiger partial charge in [0, 0.05) is 19.6 Å². The zero-order chi connectivity index (χ0) is 17.0. The van der Waals surface area contributed by atoms with E-state index in [2.05, 4.69) is 45.6 Å². The number of para-hydroxylation sites is 1. The topological polar surface area (TPSA) is 41.9 Å². The standard InChI is InChI=1S/C19H31NO3/c1-14-10-20(11-15(2)23-14)12-16(21)13-22-18-9-7-6-8-17(18)19(3,4)5/h6-9,14-16,21H,10-13H2,1-5H3/t14-,15+,16-/m1/s1. The molecule has 0 amide bonds. The molecule has 23 heavy (non-hydrogen) atoms. The maximum absolute atomic E-state index is 10.3. The number of aliphatic hydroxyl groups is 1. The lowest BCUT2D eigenvalue weighted by Crippen LogP contribution is -2.48. The fourth-order valence-corrected chi connectivity index (χ4v) is 3.18. The van der Waals surface area contributed by atoms with Gasteiger partial charge in [-0.3, -0.25) is 4.90 Å². The number of benzene rings is 1. The molecule has 0 saturated carbocycles. The first-order valence-electron chi connectivity index (χ1n) is 8.54. The van der Waals surface area contributed by atoms with E-state index in [1.54, 1.807) is 0 Å². The van der Waals surface area contributed by atoms with Gasteiger partial charge in [-0.1, -0.05) is 39.0 Å². The average molecular weight is 321 g/mol. The summed E-state index contributed by atoms with van der Waals surface area (Å²) in [5.74, 6) is 0.864. The summed E-state index contributed by atoms with van der Waals surface area (Å²) in [4.78, 5) is 2.25. The Kier molecular flexibility index (Phi) is 6.06. The first-order valence-corrected chi connectivity index (χ1v) is 8.54.